The summed E-state index contributed by atoms with van der Waals surface area (Å²) in [6.45, 7) is 3.88. The van der Waals surface area contributed by atoms with Gasteiger partial charge in [-0.25, -0.2) is 12.7 Å². The Balaban J connectivity index is 2.18. The highest BCUT2D eigenvalue weighted by Crippen LogP contribution is 2.24. The van der Waals surface area contributed by atoms with Gasteiger partial charge in [-0.2, -0.15) is 0 Å². The zero-order valence-electron chi connectivity index (χ0n) is 15.6. The first-order valence-corrected chi connectivity index (χ1v) is 10.5. The van der Waals surface area contributed by atoms with Gasteiger partial charge in [0, 0.05) is 36.2 Å². The van der Waals surface area contributed by atoms with Gasteiger partial charge in [-0.05, 0) is 61.2 Å². The lowest BCUT2D eigenvalue weighted by Gasteiger charge is -2.16. The van der Waals surface area contributed by atoms with E-state index in [9.17, 15) is 13.2 Å². The van der Waals surface area contributed by atoms with E-state index in [2.05, 4.69) is 5.32 Å². The van der Waals surface area contributed by atoms with E-state index in [1.807, 2.05) is 6.07 Å². The molecule has 0 saturated heterocycles. The highest BCUT2D eigenvalue weighted by Gasteiger charge is 2.22. The SMILES string of the molecule is Cc1cc(C(=O)NCCc2ccc(Cl)cc2Cl)cc(S(=O)(=O)N(C)C)c1C. The number of benzene rings is 2. The fraction of sp³-hybridized carbons (Fsp3) is 0.316. The van der Waals surface area contributed by atoms with Crippen LogP contribution in [-0.2, 0) is 16.4 Å². The van der Waals surface area contributed by atoms with Crippen molar-refractivity contribution in [3.8, 4) is 0 Å². The highest BCUT2D eigenvalue weighted by molar-refractivity contribution is 7.89. The lowest BCUT2D eigenvalue weighted by molar-refractivity contribution is 0.0954. The van der Waals surface area contributed by atoms with Crippen molar-refractivity contribution in [3.05, 3.63) is 62.6 Å². The molecule has 0 fully saturated rings. The van der Waals surface area contributed by atoms with Crippen molar-refractivity contribution in [1.82, 2.24) is 9.62 Å². The second-order valence-electron chi connectivity index (χ2n) is 6.45. The van der Waals surface area contributed by atoms with E-state index < -0.39 is 10.0 Å². The van der Waals surface area contributed by atoms with E-state index in [1.54, 1.807) is 32.0 Å². The Kier molecular flexibility index (Phi) is 6.92. The third kappa shape index (κ3) is 5.02. The molecule has 1 amide bonds. The monoisotopic (exact) mass is 428 g/mol. The number of carbonyl (C=O) groups is 1. The number of nitrogens with zero attached hydrogens (tertiary/aromatic N) is 1. The lowest BCUT2D eigenvalue weighted by atomic mass is 10.1. The summed E-state index contributed by atoms with van der Waals surface area (Å²) >= 11 is 12.0. The molecule has 2 aromatic rings. The minimum Gasteiger partial charge on any atom is -0.352 e. The fourth-order valence-electron chi connectivity index (χ4n) is 2.56. The van der Waals surface area contributed by atoms with Crippen LogP contribution in [0.1, 0.15) is 27.0 Å². The van der Waals surface area contributed by atoms with Crippen molar-refractivity contribution in [2.24, 2.45) is 0 Å². The molecule has 0 heterocycles. The first-order chi connectivity index (χ1) is 12.5. The Morgan fingerprint density at radius 3 is 2.37 bits per heavy atom. The van der Waals surface area contributed by atoms with E-state index in [-0.39, 0.29) is 10.8 Å². The quantitative estimate of drug-likeness (QED) is 0.759. The molecule has 0 aliphatic rings. The average Bonchev–Trinajstić information content (AvgIpc) is 2.58. The van der Waals surface area contributed by atoms with Gasteiger partial charge in [0.25, 0.3) is 5.91 Å². The van der Waals surface area contributed by atoms with Crippen LogP contribution in [0.3, 0.4) is 0 Å². The second-order valence-corrected chi connectivity index (χ2v) is 9.41. The summed E-state index contributed by atoms with van der Waals surface area (Å²) in [4.78, 5) is 12.7. The van der Waals surface area contributed by atoms with Crippen LogP contribution in [-0.4, -0.2) is 39.3 Å². The summed E-state index contributed by atoms with van der Waals surface area (Å²) in [5.41, 5.74) is 2.55. The van der Waals surface area contributed by atoms with Crippen LogP contribution in [0, 0.1) is 13.8 Å². The Labute approximate surface area is 170 Å². The van der Waals surface area contributed by atoms with Gasteiger partial charge in [-0.1, -0.05) is 29.3 Å². The number of amides is 1. The zero-order valence-corrected chi connectivity index (χ0v) is 18.0. The number of nitrogens with one attached hydrogen (secondary N) is 1. The summed E-state index contributed by atoms with van der Waals surface area (Å²) in [5.74, 6) is -0.335. The molecule has 2 rings (SSSR count). The van der Waals surface area contributed by atoms with E-state index in [0.29, 0.717) is 34.1 Å². The van der Waals surface area contributed by atoms with Crippen LogP contribution in [0.15, 0.2) is 35.2 Å². The molecule has 0 atom stereocenters. The Morgan fingerprint density at radius 1 is 1.11 bits per heavy atom. The third-order valence-electron chi connectivity index (χ3n) is 4.34. The molecule has 0 unspecified atom stereocenters. The molecule has 5 nitrogen and oxygen atoms in total. The summed E-state index contributed by atoms with van der Waals surface area (Å²) in [7, 11) is -0.706. The Morgan fingerprint density at radius 2 is 1.78 bits per heavy atom. The predicted octanol–water partition coefficient (Wildman–Crippen LogP) is 3.83. The Hall–Kier alpha value is -1.60. The molecule has 0 saturated carbocycles. The molecule has 2 aromatic carbocycles. The van der Waals surface area contributed by atoms with Gasteiger partial charge < -0.3 is 5.32 Å². The lowest BCUT2D eigenvalue weighted by Crippen LogP contribution is -2.27. The number of hydrogen-bond donors (Lipinski definition) is 1. The molecule has 27 heavy (non-hydrogen) atoms. The Bertz CT molecular complexity index is 973. The maximum absolute atomic E-state index is 12.5. The van der Waals surface area contributed by atoms with Crippen LogP contribution in [0.5, 0.6) is 0 Å². The molecular weight excluding hydrogens is 407 g/mol. The normalized spacial score (nSPS) is 11.7. The van der Waals surface area contributed by atoms with Crippen LogP contribution in [0.2, 0.25) is 10.0 Å². The van der Waals surface area contributed by atoms with Gasteiger partial charge in [-0.3, -0.25) is 4.79 Å². The number of hydrogen-bond acceptors (Lipinski definition) is 3. The standard InChI is InChI=1S/C19H22Cl2N2O3S/c1-12-9-15(10-18(13(12)2)27(25,26)23(3)4)19(24)22-8-7-14-5-6-16(20)11-17(14)21/h5-6,9-11H,7-8H2,1-4H3,(H,22,24). The smallest absolute Gasteiger partial charge is 0.251 e. The second kappa shape index (κ2) is 8.61. The predicted molar refractivity (Wildman–Crippen MR) is 109 cm³/mol. The zero-order chi connectivity index (χ0) is 20.4. The van der Waals surface area contributed by atoms with Crippen molar-refractivity contribution >= 4 is 39.1 Å². The summed E-state index contributed by atoms with van der Waals surface area (Å²) < 4.78 is 26.2. The minimum absolute atomic E-state index is 0.137. The maximum atomic E-state index is 12.5. The van der Waals surface area contributed by atoms with Gasteiger partial charge in [0.1, 0.15) is 0 Å². The molecule has 0 spiro atoms. The van der Waals surface area contributed by atoms with Crippen molar-refractivity contribution in [2.45, 2.75) is 25.2 Å². The van der Waals surface area contributed by atoms with Crippen molar-refractivity contribution in [1.29, 1.82) is 0 Å². The van der Waals surface area contributed by atoms with Crippen LogP contribution in [0.25, 0.3) is 0 Å². The largest absolute Gasteiger partial charge is 0.352 e. The number of halogens is 2. The van der Waals surface area contributed by atoms with Gasteiger partial charge in [0.05, 0.1) is 4.90 Å². The van der Waals surface area contributed by atoms with Gasteiger partial charge in [-0.15, -0.1) is 0 Å². The molecule has 0 aliphatic carbocycles. The molecule has 8 heteroatoms. The number of rotatable bonds is 6. The van der Waals surface area contributed by atoms with Crippen molar-refractivity contribution < 1.29 is 13.2 Å². The van der Waals surface area contributed by atoms with E-state index in [1.165, 1.54) is 20.2 Å². The summed E-state index contributed by atoms with van der Waals surface area (Å²) in [6.07, 6.45) is 0.537. The van der Waals surface area contributed by atoms with E-state index >= 15 is 0 Å². The van der Waals surface area contributed by atoms with E-state index in [4.69, 9.17) is 23.2 Å². The molecule has 0 bridgehead atoms. The maximum Gasteiger partial charge on any atom is 0.251 e. The summed E-state index contributed by atoms with van der Waals surface area (Å²) in [5, 5.41) is 3.90. The molecular formula is C19H22Cl2N2O3S. The minimum atomic E-state index is -3.64. The first kappa shape index (κ1) is 21.7. The molecule has 0 aliphatic heterocycles. The topological polar surface area (TPSA) is 66.5 Å². The van der Waals surface area contributed by atoms with Crippen molar-refractivity contribution in [2.75, 3.05) is 20.6 Å². The van der Waals surface area contributed by atoms with Crippen LogP contribution < -0.4 is 5.32 Å². The molecule has 146 valence electrons. The van der Waals surface area contributed by atoms with Gasteiger partial charge in [0.2, 0.25) is 10.0 Å². The first-order valence-electron chi connectivity index (χ1n) is 8.30. The van der Waals surface area contributed by atoms with Gasteiger partial charge >= 0.3 is 0 Å². The van der Waals surface area contributed by atoms with Crippen molar-refractivity contribution in [3.63, 3.8) is 0 Å². The highest BCUT2D eigenvalue weighted by atomic mass is 35.5. The molecule has 0 aromatic heterocycles. The fourth-order valence-corrected chi connectivity index (χ4v) is 4.28. The number of sulfonamides is 1. The third-order valence-corrected chi connectivity index (χ3v) is 6.86. The van der Waals surface area contributed by atoms with Crippen LogP contribution in [0.4, 0.5) is 0 Å². The number of carbonyl (C=O) groups excluding carboxylic acids is 1. The van der Waals surface area contributed by atoms with Gasteiger partial charge in [0.15, 0.2) is 0 Å². The molecule has 1 N–H and O–H groups in total. The average molecular weight is 429 g/mol. The molecule has 0 radical (unpaired) electrons. The van der Waals surface area contributed by atoms with Crippen LogP contribution >= 0.6 is 23.2 Å². The van der Waals surface area contributed by atoms with E-state index in [0.717, 1.165) is 15.4 Å². The summed E-state index contributed by atoms with van der Waals surface area (Å²) in [6, 6.07) is 8.32. The number of aryl methyl sites for hydroxylation is 1.